The van der Waals surface area contributed by atoms with Crippen LogP contribution in [-0.4, -0.2) is 12.0 Å². The lowest BCUT2D eigenvalue weighted by Crippen LogP contribution is -2.39. The van der Waals surface area contributed by atoms with Crippen LogP contribution < -0.4 is 10.1 Å². The summed E-state index contributed by atoms with van der Waals surface area (Å²) >= 11 is 5.85. The Kier molecular flexibility index (Phi) is 4.87. The summed E-state index contributed by atoms with van der Waals surface area (Å²) in [5.74, 6) is 0.544. The lowest BCUT2D eigenvalue weighted by atomic mass is 9.87. The number of benzene rings is 2. The number of carbonyl (C=O) groups is 1. The van der Waals surface area contributed by atoms with Crippen molar-refractivity contribution in [1.82, 2.24) is 5.32 Å². The van der Waals surface area contributed by atoms with Crippen LogP contribution in [0, 0.1) is 0 Å². The first-order valence-electron chi connectivity index (χ1n) is 7.94. The molecule has 1 aliphatic carbocycles. The van der Waals surface area contributed by atoms with Crippen LogP contribution >= 0.6 is 11.6 Å². The predicted molar refractivity (Wildman–Crippen MR) is 91.8 cm³/mol. The van der Waals surface area contributed by atoms with E-state index in [1.165, 1.54) is 11.1 Å². The zero-order valence-corrected chi connectivity index (χ0v) is 13.8. The lowest BCUT2D eigenvalue weighted by Gasteiger charge is -2.27. The van der Waals surface area contributed by atoms with Gasteiger partial charge in [0.1, 0.15) is 5.75 Å². The minimum atomic E-state index is -0.551. The first kappa shape index (κ1) is 15.9. The van der Waals surface area contributed by atoms with Crippen LogP contribution in [0.1, 0.15) is 36.9 Å². The molecule has 0 aliphatic heterocycles. The maximum atomic E-state index is 12.4. The number of ether oxygens (including phenoxy) is 1. The SMILES string of the molecule is C[C@@H](Oc1ccc(Cl)cc1)C(=O)N[C@@H]1CCCc2ccccc21. The molecule has 0 radical (unpaired) electrons. The maximum absolute atomic E-state index is 12.4. The highest BCUT2D eigenvalue weighted by atomic mass is 35.5. The van der Waals surface area contributed by atoms with E-state index in [-0.39, 0.29) is 11.9 Å². The minimum Gasteiger partial charge on any atom is -0.481 e. The molecule has 3 nitrogen and oxygen atoms in total. The first-order chi connectivity index (χ1) is 11.1. The van der Waals surface area contributed by atoms with E-state index < -0.39 is 6.10 Å². The monoisotopic (exact) mass is 329 g/mol. The Morgan fingerprint density at radius 3 is 2.74 bits per heavy atom. The van der Waals surface area contributed by atoms with Crippen LogP contribution in [0.3, 0.4) is 0 Å². The normalized spacial score (nSPS) is 17.9. The molecule has 0 unspecified atom stereocenters. The van der Waals surface area contributed by atoms with Gasteiger partial charge >= 0.3 is 0 Å². The van der Waals surface area contributed by atoms with E-state index in [0.29, 0.717) is 10.8 Å². The molecule has 23 heavy (non-hydrogen) atoms. The van der Waals surface area contributed by atoms with Gasteiger partial charge in [-0.05, 0) is 61.6 Å². The summed E-state index contributed by atoms with van der Waals surface area (Å²) in [4.78, 5) is 12.4. The topological polar surface area (TPSA) is 38.3 Å². The van der Waals surface area contributed by atoms with Crippen molar-refractivity contribution < 1.29 is 9.53 Å². The Morgan fingerprint density at radius 2 is 1.96 bits per heavy atom. The van der Waals surface area contributed by atoms with Gasteiger partial charge in [-0.3, -0.25) is 4.79 Å². The summed E-state index contributed by atoms with van der Waals surface area (Å²) in [7, 11) is 0. The van der Waals surface area contributed by atoms with E-state index in [2.05, 4.69) is 23.5 Å². The maximum Gasteiger partial charge on any atom is 0.261 e. The zero-order chi connectivity index (χ0) is 16.2. The fraction of sp³-hybridized carbons (Fsp3) is 0.316. The smallest absolute Gasteiger partial charge is 0.261 e. The molecule has 1 aliphatic rings. The largest absolute Gasteiger partial charge is 0.481 e. The van der Waals surface area contributed by atoms with Gasteiger partial charge in [0.05, 0.1) is 6.04 Å². The summed E-state index contributed by atoms with van der Waals surface area (Å²) in [6, 6.07) is 15.4. The van der Waals surface area contributed by atoms with E-state index in [1.54, 1.807) is 31.2 Å². The molecule has 3 rings (SSSR count). The van der Waals surface area contributed by atoms with Crippen molar-refractivity contribution in [2.24, 2.45) is 0 Å². The fourth-order valence-electron chi connectivity index (χ4n) is 2.96. The van der Waals surface area contributed by atoms with Gasteiger partial charge in [0.2, 0.25) is 0 Å². The van der Waals surface area contributed by atoms with E-state index in [1.807, 2.05) is 6.07 Å². The predicted octanol–water partition coefficient (Wildman–Crippen LogP) is 4.30. The summed E-state index contributed by atoms with van der Waals surface area (Å²) in [5.41, 5.74) is 2.56. The van der Waals surface area contributed by atoms with Gasteiger partial charge in [-0.15, -0.1) is 0 Å². The average molecular weight is 330 g/mol. The molecule has 0 saturated heterocycles. The molecule has 1 amide bonds. The summed E-state index contributed by atoms with van der Waals surface area (Å²) < 4.78 is 5.69. The van der Waals surface area contributed by atoms with E-state index in [4.69, 9.17) is 16.3 Å². The number of hydrogen-bond donors (Lipinski definition) is 1. The van der Waals surface area contributed by atoms with Crippen molar-refractivity contribution in [1.29, 1.82) is 0 Å². The number of amides is 1. The Bertz CT molecular complexity index is 684. The van der Waals surface area contributed by atoms with E-state index in [9.17, 15) is 4.79 Å². The minimum absolute atomic E-state index is 0.0729. The van der Waals surface area contributed by atoms with Crippen LogP contribution in [0.4, 0.5) is 0 Å². The Balaban J connectivity index is 1.64. The van der Waals surface area contributed by atoms with E-state index in [0.717, 1.165) is 19.3 Å². The van der Waals surface area contributed by atoms with Crippen molar-refractivity contribution in [3.63, 3.8) is 0 Å². The summed E-state index contributed by atoms with van der Waals surface area (Å²) in [5, 5.41) is 3.76. The molecule has 1 N–H and O–H groups in total. The molecule has 2 aromatic carbocycles. The molecule has 2 atom stereocenters. The highest BCUT2D eigenvalue weighted by molar-refractivity contribution is 6.30. The van der Waals surface area contributed by atoms with Gasteiger partial charge in [0, 0.05) is 5.02 Å². The van der Waals surface area contributed by atoms with Crippen molar-refractivity contribution in [3.8, 4) is 5.75 Å². The number of halogens is 1. The second kappa shape index (κ2) is 7.05. The third-order valence-corrected chi connectivity index (χ3v) is 4.43. The van der Waals surface area contributed by atoms with Gasteiger partial charge in [0.25, 0.3) is 5.91 Å². The van der Waals surface area contributed by atoms with Gasteiger partial charge in [-0.1, -0.05) is 35.9 Å². The standard InChI is InChI=1S/C19H20ClNO2/c1-13(23-16-11-9-15(20)10-12-16)19(22)21-18-8-4-6-14-5-2-3-7-17(14)18/h2-3,5,7,9-13,18H,4,6,8H2,1H3,(H,21,22)/t13-,18-/m1/s1. The van der Waals surface area contributed by atoms with Gasteiger partial charge < -0.3 is 10.1 Å². The number of fused-ring (bicyclic) bond motifs is 1. The Labute approximate surface area is 141 Å². The quantitative estimate of drug-likeness (QED) is 0.908. The average Bonchev–Trinajstić information content (AvgIpc) is 2.57. The third-order valence-electron chi connectivity index (χ3n) is 4.18. The number of rotatable bonds is 4. The van der Waals surface area contributed by atoms with Crippen LogP contribution in [0.15, 0.2) is 48.5 Å². The van der Waals surface area contributed by atoms with Crippen molar-refractivity contribution >= 4 is 17.5 Å². The van der Waals surface area contributed by atoms with Crippen molar-refractivity contribution in [3.05, 3.63) is 64.7 Å². The molecule has 0 aromatic heterocycles. The molecule has 120 valence electrons. The molecule has 0 heterocycles. The van der Waals surface area contributed by atoms with Gasteiger partial charge in [0.15, 0.2) is 6.10 Å². The molecule has 0 spiro atoms. The molecular weight excluding hydrogens is 310 g/mol. The fourth-order valence-corrected chi connectivity index (χ4v) is 3.09. The number of nitrogens with one attached hydrogen (secondary N) is 1. The van der Waals surface area contributed by atoms with Crippen molar-refractivity contribution in [2.45, 2.75) is 38.3 Å². The highest BCUT2D eigenvalue weighted by Crippen LogP contribution is 2.29. The molecule has 0 fully saturated rings. The van der Waals surface area contributed by atoms with Gasteiger partial charge in [-0.2, -0.15) is 0 Å². The molecular formula is C19H20ClNO2. The van der Waals surface area contributed by atoms with Crippen LogP contribution in [0.25, 0.3) is 0 Å². The highest BCUT2D eigenvalue weighted by Gasteiger charge is 2.24. The number of aryl methyl sites for hydroxylation is 1. The number of hydrogen-bond acceptors (Lipinski definition) is 2. The lowest BCUT2D eigenvalue weighted by molar-refractivity contribution is -0.128. The van der Waals surface area contributed by atoms with Crippen molar-refractivity contribution in [2.75, 3.05) is 0 Å². The molecule has 0 bridgehead atoms. The second-order valence-electron chi connectivity index (χ2n) is 5.87. The van der Waals surface area contributed by atoms with E-state index >= 15 is 0 Å². The second-order valence-corrected chi connectivity index (χ2v) is 6.30. The number of carbonyl (C=O) groups excluding carboxylic acids is 1. The first-order valence-corrected chi connectivity index (χ1v) is 8.31. The summed E-state index contributed by atoms with van der Waals surface area (Å²) in [6.07, 6.45) is 2.59. The Hall–Kier alpha value is -2.00. The molecule has 4 heteroatoms. The van der Waals surface area contributed by atoms with Crippen LogP contribution in [0.5, 0.6) is 5.75 Å². The third kappa shape index (κ3) is 3.85. The van der Waals surface area contributed by atoms with Crippen LogP contribution in [0.2, 0.25) is 5.02 Å². The Morgan fingerprint density at radius 1 is 1.22 bits per heavy atom. The molecule has 0 saturated carbocycles. The van der Waals surface area contributed by atoms with Gasteiger partial charge in [-0.25, -0.2) is 0 Å². The van der Waals surface area contributed by atoms with Crippen LogP contribution in [-0.2, 0) is 11.2 Å². The zero-order valence-electron chi connectivity index (χ0n) is 13.1. The molecule has 2 aromatic rings. The summed E-state index contributed by atoms with van der Waals surface area (Å²) in [6.45, 7) is 1.76.